The van der Waals surface area contributed by atoms with Gasteiger partial charge in [0.2, 0.25) is 17.7 Å². The van der Waals surface area contributed by atoms with Gasteiger partial charge in [-0.2, -0.15) is 0 Å². The van der Waals surface area contributed by atoms with Crippen molar-refractivity contribution in [2.75, 3.05) is 11.9 Å². The summed E-state index contributed by atoms with van der Waals surface area (Å²) < 4.78 is 0. The number of halogens is 1. The van der Waals surface area contributed by atoms with E-state index in [9.17, 15) is 14.4 Å². The van der Waals surface area contributed by atoms with Gasteiger partial charge in [0, 0.05) is 10.7 Å². The van der Waals surface area contributed by atoms with E-state index < -0.39 is 0 Å². The Labute approximate surface area is 133 Å². The van der Waals surface area contributed by atoms with Crippen LogP contribution in [0.4, 0.5) is 5.69 Å². The van der Waals surface area contributed by atoms with Gasteiger partial charge in [0.25, 0.3) is 0 Å². The van der Waals surface area contributed by atoms with E-state index >= 15 is 0 Å². The second-order valence-electron chi connectivity index (χ2n) is 5.82. The highest BCUT2D eigenvalue weighted by Gasteiger charge is 2.48. The second-order valence-corrected chi connectivity index (χ2v) is 6.26. The molecule has 5 nitrogen and oxygen atoms in total. The van der Waals surface area contributed by atoms with E-state index in [0.29, 0.717) is 10.7 Å². The number of likely N-dealkylation sites (tertiary alicyclic amines) is 1. The molecule has 1 aliphatic heterocycles. The Morgan fingerprint density at radius 1 is 1.18 bits per heavy atom. The highest BCUT2D eigenvalue weighted by Crippen LogP contribution is 2.37. The van der Waals surface area contributed by atoms with E-state index in [1.165, 1.54) is 0 Å². The first-order chi connectivity index (χ1) is 10.6. The molecule has 1 aromatic carbocycles. The molecule has 1 heterocycles. The zero-order chi connectivity index (χ0) is 15.7. The van der Waals surface area contributed by atoms with Crippen molar-refractivity contribution in [1.82, 2.24) is 4.90 Å². The number of hydrogen-bond donors (Lipinski definition) is 1. The Hall–Kier alpha value is -1.88. The van der Waals surface area contributed by atoms with Crippen LogP contribution in [0.1, 0.15) is 25.7 Å². The van der Waals surface area contributed by atoms with Crippen LogP contribution in [0.25, 0.3) is 0 Å². The smallest absolute Gasteiger partial charge is 0.244 e. The second kappa shape index (κ2) is 6.08. The van der Waals surface area contributed by atoms with E-state index in [4.69, 9.17) is 11.6 Å². The molecule has 1 saturated carbocycles. The molecule has 3 amide bonds. The maximum absolute atomic E-state index is 12.3. The Balaban J connectivity index is 1.66. The number of amides is 3. The number of carbonyl (C=O) groups is 3. The van der Waals surface area contributed by atoms with Crippen LogP contribution in [0.3, 0.4) is 0 Å². The lowest BCUT2D eigenvalue weighted by Gasteiger charge is -2.19. The summed E-state index contributed by atoms with van der Waals surface area (Å²) in [7, 11) is 0. The molecule has 2 atom stereocenters. The van der Waals surface area contributed by atoms with Crippen molar-refractivity contribution in [2.45, 2.75) is 25.7 Å². The van der Waals surface area contributed by atoms with Crippen LogP contribution in [0.5, 0.6) is 0 Å². The van der Waals surface area contributed by atoms with Crippen LogP contribution in [0, 0.1) is 11.8 Å². The summed E-state index contributed by atoms with van der Waals surface area (Å²) in [5, 5.41) is 3.17. The van der Waals surface area contributed by atoms with Crippen LogP contribution in [-0.4, -0.2) is 29.2 Å². The van der Waals surface area contributed by atoms with Crippen LogP contribution in [0.15, 0.2) is 24.3 Å². The van der Waals surface area contributed by atoms with Crippen molar-refractivity contribution in [3.8, 4) is 0 Å². The number of carbonyl (C=O) groups excluding carboxylic acids is 3. The molecule has 1 aliphatic carbocycles. The van der Waals surface area contributed by atoms with Crippen LogP contribution in [0.2, 0.25) is 5.02 Å². The number of nitrogens with zero attached hydrogens (tertiary/aromatic N) is 1. The molecular formula is C16H17ClN2O3. The molecule has 6 heteroatoms. The molecule has 22 heavy (non-hydrogen) atoms. The fourth-order valence-corrected chi connectivity index (χ4v) is 3.49. The lowest BCUT2D eigenvalue weighted by molar-refractivity contribution is -0.142. The third-order valence-electron chi connectivity index (χ3n) is 4.34. The van der Waals surface area contributed by atoms with Crippen LogP contribution in [-0.2, 0) is 14.4 Å². The highest BCUT2D eigenvalue weighted by atomic mass is 35.5. The number of hydrogen-bond acceptors (Lipinski definition) is 3. The summed E-state index contributed by atoms with van der Waals surface area (Å²) in [6.45, 7) is -0.225. The average Bonchev–Trinajstić information content (AvgIpc) is 2.73. The van der Waals surface area contributed by atoms with Gasteiger partial charge >= 0.3 is 0 Å². The fraction of sp³-hybridized carbons (Fsp3) is 0.438. The third kappa shape index (κ3) is 2.86. The summed E-state index contributed by atoms with van der Waals surface area (Å²) in [6, 6.07) is 6.75. The molecule has 2 fully saturated rings. The summed E-state index contributed by atoms with van der Waals surface area (Å²) in [5.74, 6) is -1.23. The van der Waals surface area contributed by atoms with Gasteiger partial charge in [-0.15, -0.1) is 0 Å². The first-order valence-electron chi connectivity index (χ1n) is 7.47. The van der Waals surface area contributed by atoms with E-state index in [2.05, 4.69) is 5.32 Å². The number of rotatable bonds is 3. The van der Waals surface area contributed by atoms with Gasteiger partial charge in [0.15, 0.2) is 0 Å². The predicted octanol–water partition coefficient (Wildman–Crippen LogP) is 2.45. The van der Waals surface area contributed by atoms with Gasteiger partial charge in [-0.1, -0.05) is 30.5 Å². The number of nitrogens with one attached hydrogen (secondary N) is 1. The molecule has 2 aliphatic rings. The minimum absolute atomic E-state index is 0.198. The zero-order valence-corrected chi connectivity index (χ0v) is 12.8. The highest BCUT2D eigenvalue weighted by molar-refractivity contribution is 6.30. The van der Waals surface area contributed by atoms with E-state index in [0.717, 1.165) is 30.6 Å². The number of anilines is 1. The van der Waals surface area contributed by atoms with Gasteiger partial charge in [0.05, 0.1) is 11.8 Å². The van der Waals surface area contributed by atoms with E-state index in [1.807, 2.05) is 0 Å². The summed E-state index contributed by atoms with van der Waals surface area (Å²) in [4.78, 5) is 37.8. The monoisotopic (exact) mass is 320 g/mol. The Bertz CT molecular complexity index is 608. The summed E-state index contributed by atoms with van der Waals surface area (Å²) in [5.41, 5.74) is 0.550. The van der Waals surface area contributed by atoms with Crippen molar-refractivity contribution in [3.63, 3.8) is 0 Å². The Kier molecular flexibility index (Phi) is 4.16. The minimum Gasteiger partial charge on any atom is -0.324 e. The predicted molar refractivity (Wildman–Crippen MR) is 82.2 cm³/mol. The summed E-state index contributed by atoms with van der Waals surface area (Å²) >= 11 is 5.86. The molecular weight excluding hydrogens is 304 g/mol. The van der Waals surface area contributed by atoms with Crippen molar-refractivity contribution in [2.24, 2.45) is 11.8 Å². The lowest BCUT2D eigenvalue weighted by atomic mass is 9.81. The number of fused-ring (bicyclic) bond motifs is 1. The molecule has 3 rings (SSSR count). The molecule has 0 radical (unpaired) electrons. The van der Waals surface area contributed by atoms with Gasteiger partial charge in [-0.25, -0.2) is 0 Å². The van der Waals surface area contributed by atoms with Gasteiger partial charge in [-0.3, -0.25) is 19.3 Å². The zero-order valence-electron chi connectivity index (χ0n) is 12.0. The molecule has 116 valence electrons. The Morgan fingerprint density at radius 3 is 2.41 bits per heavy atom. The number of imide groups is 1. The van der Waals surface area contributed by atoms with Crippen molar-refractivity contribution in [3.05, 3.63) is 29.3 Å². The van der Waals surface area contributed by atoms with E-state index in [1.54, 1.807) is 24.3 Å². The van der Waals surface area contributed by atoms with Crippen molar-refractivity contribution < 1.29 is 14.4 Å². The SMILES string of the molecule is O=C(CN1C(=O)C2CCCCC2C1=O)Nc1cccc(Cl)c1. The molecule has 2 unspecified atom stereocenters. The van der Waals surface area contributed by atoms with Crippen molar-refractivity contribution in [1.29, 1.82) is 0 Å². The van der Waals surface area contributed by atoms with Crippen LogP contribution >= 0.6 is 11.6 Å². The quantitative estimate of drug-likeness (QED) is 0.870. The maximum Gasteiger partial charge on any atom is 0.244 e. The minimum atomic E-state index is -0.386. The van der Waals surface area contributed by atoms with Gasteiger partial charge in [0.1, 0.15) is 6.54 Å². The molecule has 1 aromatic rings. The molecule has 0 aromatic heterocycles. The lowest BCUT2D eigenvalue weighted by Crippen LogP contribution is -2.38. The number of benzene rings is 1. The molecule has 1 saturated heterocycles. The molecule has 1 N–H and O–H groups in total. The van der Waals surface area contributed by atoms with Crippen molar-refractivity contribution >= 4 is 35.0 Å². The normalized spacial score (nSPS) is 24.3. The van der Waals surface area contributed by atoms with Gasteiger partial charge in [-0.05, 0) is 31.0 Å². The molecule has 0 bridgehead atoms. The average molecular weight is 321 g/mol. The summed E-state index contributed by atoms with van der Waals surface area (Å²) in [6.07, 6.45) is 3.45. The van der Waals surface area contributed by atoms with Gasteiger partial charge < -0.3 is 5.32 Å². The standard InChI is InChI=1S/C16H17ClN2O3/c17-10-4-3-5-11(8-10)18-14(20)9-19-15(21)12-6-1-2-7-13(12)16(19)22/h3-5,8,12-13H,1-2,6-7,9H2,(H,18,20). The maximum atomic E-state index is 12.3. The largest absolute Gasteiger partial charge is 0.324 e. The first-order valence-corrected chi connectivity index (χ1v) is 7.84. The first kappa shape index (κ1) is 15.0. The van der Waals surface area contributed by atoms with Crippen LogP contribution < -0.4 is 5.32 Å². The molecule has 0 spiro atoms. The van der Waals surface area contributed by atoms with E-state index in [-0.39, 0.29) is 36.1 Å². The topological polar surface area (TPSA) is 66.5 Å². The fourth-order valence-electron chi connectivity index (χ4n) is 3.30. The Morgan fingerprint density at radius 2 is 1.82 bits per heavy atom. The third-order valence-corrected chi connectivity index (χ3v) is 4.58.